The molecule has 0 aliphatic carbocycles. The van der Waals surface area contributed by atoms with Crippen LogP contribution in [0, 0.1) is 0 Å². The van der Waals surface area contributed by atoms with Crippen molar-refractivity contribution in [1.82, 2.24) is 0 Å². The minimum absolute atomic E-state index is 0.156. The molecule has 0 saturated heterocycles. The summed E-state index contributed by atoms with van der Waals surface area (Å²) in [6.07, 6.45) is 10.2. The highest BCUT2D eigenvalue weighted by molar-refractivity contribution is 8.41. The summed E-state index contributed by atoms with van der Waals surface area (Å²) in [5, 5.41) is 0. The number of esters is 2. The summed E-state index contributed by atoms with van der Waals surface area (Å²) in [7, 11) is 0. The van der Waals surface area contributed by atoms with Gasteiger partial charge in [0.15, 0.2) is 0 Å². The Morgan fingerprint density at radius 1 is 0.605 bits per heavy atom. The lowest BCUT2D eigenvalue weighted by Gasteiger charge is -2.05. The number of thioether (sulfide) groups is 8. The van der Waals surface area contributed by atoms with Crippen LogP contribution in [0.4, 0.5) is 0 Å². The minimum Gasteiger partial charge on any atom is -0.466 e. The molecule has 0 aromatic heterocycles. The van der Waals surface area contributed by atoms with E-state index >= 15 is 0 Å². The average molecular weight is 671 g/mol. The van der Waals surface area contributed by atoms with E-state index in [2.05, 4.69) is 26.0 Å². The van der Waals surface area contributed by atoms with E-state index < -0.39 is 0 Å². The SMILES string of the molecule is CCCCSC1=C(SCCCC)SC(=CC=C2SC(SCCC(=O)OCC)=C(SCCC(=O)OCC)S2)S1. The van der Waals surface area contributed by atoms with Crippen LogP contribution in [0.5, 0.6) is 0 Å². The summed E-state index contributed by atoms with van der Waals surface area (Å²) in [6, 6.07) is 0. The van der Waals surface area contributed by atoms with Crippen molar-refractivity contribution in [3.63, 3.8) is 0 Å². The Bertz CT molecular complexity index is 836. The molecule has 0 aromatic carbocycles. The van der Waals surface area contributed by atoms with Gasteiger partial charge in [-0.05, 0) is 50.3 Å². The van der Waals surface area contributed by atoms with Crippen molar-refractivity contribution >= 4 is 106 Å². The quantitative estimate of drug-likeness (QED) is 0.0971. The molecular weight excluding hydrogens is 633 g/mol. The Balaban J connectivity index is 2.01. The molecule has 38 heavy (non-hydrogen) atoms. The minimum atomic E-state index is -0.156. The highest BCUT2D eigenvalue weighted by atomic mass is 32.3. The molecule has 2 heterocycles. The van der Waals surface area contributed by atoms with E-state index in [1.165, 1.54) is 62.6 Å². The highest BCUT2D eigenvalue weighted by Gasteiger charge is 2.24. The van der Waals surface area contributed by atoms with Gasteiger partial charge in [0.05, 0.1) is 51.5 Å². The monoisotopic (exact) mass is 670 g/mol. The zero-order valence-electron chi connectivity index (χ0n) is 22.5. The van der Waals surface area contributed by atoms with Crippen LogP contribution in [0.25, 0.3) is 0 Å². The van der Waals surface area contributed by atoms with Gasteiger partial charge in [0.25, 0.3) is 0 Å². The number of carbonyl (C=O) groups is 2. The second-order valence-corrected chi connectivity index (χ2v) is 17.9. The fourth-order valence-electron chi connectivity index (χ4n) is 2.74. The molecule has 0 unspecified atom stereocenters. The van der Waals surface area contributed by atoms with Gasteiger partial charge in [-0.1, -0.05) is 73.7 Å². The third-order valence-corrected chi connectivity index (χ3v) is 15.6. The van der Waals surface area contributed by atoms with E-state index in [0.717, 1.165) is 0 Å². The lowest BCUT2D eigenvalue weighted by Crippen LogP contribution is -2.04. The van der Waals surface area contributed by atoms with Crippen molar-refractivity contribution in [2.24, 2.45) is 0 Å². The second-order valence-electron chi connectivity index (χ2n) is 7.74. The predicted octanol–water partition coefficient (Wildman–Crippen LogP) is 10.3. The summed E-state index contributed by atoms with van der Waals surface area (Å²) in [4.78, 5) is 23.6. The molecule has 0 aromatic rings. The number of hydrogen-bond donors (Lipinski definition) is 0. The summed E-state index contributed by atoms with van der Waals surface area (Å²) in [5.41, 5.74) is 0. The second kappa shape index (κ2) is 21.4. The molecule has 0 fully saturated rings. The smallest absolute Gasteiger partial charge is 0.306 e. The Hall–Kier alpha value is 0.700. The molecule has 214 valence electrons. The number of unbranched alkanes of at least 4 members (excludes halogenated alkanes) is 2. The summed E-state index contributed by atoms with van der Waals surface area (Å²) in [5.74, 6) is 3.42. The van der Waals surface area contributed by atoms with Crippen molar-refractivity contribution in [3.05, 3.63) is 37.6 Å². The van der Waals surface area contributed by atoms with Crippen LogP contribution in [-0.4, -0.2) is 48.2 Å². The van der Waals surface area contributed by atoms with Gasteiger partial charge < -0.3 is 9.47 Å². The zero-order valence-corrected chi connectivity index (χ0v) is 29.1. The van der Waals surface area contributed by atoms with Gasteiger partial charge in [0.1, 0.15) is 0 Å². The van der Waals surface area contributed by atoms with Crippen molar-refractivity contribution in [1.29, 1.82) is 0 Å². The van der Waals surface area contributed by atoms with E-state index in [0.29, 0.717) is 37.6 Å². The molecule has 2 rings (SSSR count). The molecule has 0 bridgehead atoms. The predicted molar refractivity (Wildman–Crippen MR) is 183 cm³/mol. The fourth-order valence-corrected chi connectivity index (χ4v) is 14.4. The molecule has 0 N–H and O–H groups in total. The van der Waals surface area contributed by atoms with Crippen molar-refractivity contribution in [3.8, 4) is 0 Å². The Kier molecular flexibility index (Phi) is 19.7. The zero-order chi connectivity index (χ0) is 27.6. The molecule has 0 atom stereocenters. The molecule has 0 spiro atoms. The molecule has 0 saturated carbocycles. The van der Waals surface area contributed by atoms with Crippen LogP contribution < -0.4 is 0 Å². The van der Waals surface area contributed by atoms with Crippen molar-refractivity contribution in [2.45, 2.75) is 66.2 Å². The molecule has 0 amide bonds. The van der Waals surface area contributed by atoms with E-state index in [9.17, 15) is 9.59 Å². The van der Waals surface area contributed by atoms with Crippen molar-refractivity contribution in [2.75, 3.05) is 36.2 Å². The number of rotatable bonds is 19. The van der Waals surface area contributed by atoms with E-state index in [1.807, 2.05) is 60.9 Å². The summed E-state index contributed by atoms with van der Waals surface area (Å²) in [6.45, 7) is 8.98. The lowest BCUT2D eigenvalue weighted by atomic mass is 10.4. The van der Waals surface area contributed by atoms with Crippen LogP contribution >= 0.6 is 94.1 Å². The maximum absolute atomic E-state index is 11.8. The van der Waals surface area contributed by atoms with Gasteiger partial charge in [0.2, 0.25) is 0 Å². The Morgan fingerprint density at radius 2 is 0.947 bits per heavy atom. The normalized spacial score (nSPS) is 15.5. The average Bonchev–Trinajstić information content (AvgIpc) is 3.47. The van der Waals surface area contributed by atoms with Crippen molar-refractivity contribution < 1.29 is 19.1 Å². The first-order chi connectivity index (χ1) is 18.5. The standard InChI is InChI=1S/C26H38O4S8/c1-5-9-15-31-23-24(32-16-10-6-2)36-21(35-23)11-12-22-37-25(33-17-13-19(27)29-7-3)26(38-22)34-18-14-20(28)30-8-4/h11-12H,5-10,13-18H2,1-4H3. The van der Waals surface area contributed by atoms with E-state index in [-0.39, 0.29) is 11.9 Å². The van der Waals surface area contributed by atoms with Gasteiger partial charge in [-0.2, -0.15) is 0 Å². The summed E-state index contributed by atoms with van der Waals surface area (Å²) >= 11 is 14.8. The van der Waals surface area contributed by atoms with Crippen LogP contribution in [0.1, 0.15) is 66.2 Å². The third kappa shape index (κ3) is 14.0. The van der Waals surface area contributed by atoms with Gasteiger partial charge in [-0.3, -0.25) is 9.59 Å². The first-order valence-electron chi connectivity index (χ1n) is 12.9. The van der Waals surface area contributed by atoms with Gasteiger partial charge >= 0.3 is 11.9 Å². The topological polar surface area (TPSA) is 52.6 Å². The lowest BCUT2D eigenvalue weighted by molar-refractivity contribution is -0.143. The van der Waals surface area contributed by atoms with Crippen LogP contribution in [0.2, 0.25) is 0 Å². The Morgan fingerprint density at radius 3 is 1.26 bits per heavy atom. The molecule has 4 nitrogen and oxygen atoms in total. The van der Waals surface area contributed by atoms with Crippen LogP contribution in [-0.2, 0) is 19.1 Å². The van der Waals surface area contributed by atoms with Gasteiger partial charge in [-0.25, -0.2) is 0 Å². The molecule has 2 aliphatic heterocycles. The maximum Gasteiger partial charge on any atom is 0.306 e. The van der Waals surface area contributed by atoms with Crippen LogP contribution in [0.3, 0.4) is 0 Å². The number of carbonyl (C=O) groups excluding carboxylic acids is 2. The molecule has 2 aliphatic rings. The Labute approximate surface area is 263 Å². The molecule has 0 radical (unpaired) electrons. The molecular formula is C26H38O4S8. The van der Waals surface area contributed by atoms with E-state index in [1.54, 1.807) is 47.0 Å². The first kappa shape index (κ1) is 34.9. The largest absolute Gasteiger partial charge is 0.466 e. The third-order valence-electron chi connectivity index (χ3n) is 4.61. The van der Waals surface area contributed by atoms with Gasteiger partial charge in [-0.15, -0.1) is 47.0 Å². The fraction of sp³-hybridized carbons (Fsp3) is 0.615. The maximum atomic E-state index is 11.8. The summed E-state index contributed by atoms with van der Waals surface area (Å²) < 4.78 is 18.0. The number of ether oxygens (including phenoxy) is 2. The van der Waals surface area contributed by atoms with Gasteiger partial charge in [0, 0.05) is 11.5 Å². The van der Waals surface area contributed by atoms with E-state index in [4.69, 9.17) is 9.47 Å². The first-order valence-corrected chi connectivity index (χ1v) is 20.2. The molecule has 12 heteroatoms. The number of allylic oxidation sites excluding steroid dienone is 2. The number of hydrogen-bond acceptors (Lipinski definition) is 12. The van der Waals surface area contributed by atoms with Crippen LogP contribution in [0.15, 0.2) is 37.6 Å². The highest BCUT2D eigenvalue weighted by Crippen LogP contribution is 2.59.